The summed E-state index contributed by atoms with van der Waals surface area (Å²) in [6.07, 6.45) is 5.30. The molecule has 0 bridgehead atoms. The van der Waals surface area contributed by atoms with Crippen LogP contribution in [0.5, 0.6) is 0 Å². The number of nitrogens with zero attached hydrogens (tertiary/aromatic N) is 1. The first-order chi connectivity index (χ1) is 9.47. The van der Waals surface area contributed by atoms with Crippen LogP contribution in [0.1, 0.15) is 56.1 Å². The number of nitrogens with one attached hydrogen (secondary N) is 1. The molecule has 1 aromatic heterocycles. The van der Waals surface area contributed by atoms with Crippen LogP contribution in [0.2, 0.25) is 0 Å². The Kier molecular flexibility index (Phi) is 4.70. The van der Waals surface area contributed by atoms with Gasteiger partial charge in [-0.1, -0.05) is 0 Å². The summed E-state index contributed by atoms with van der Waals surface area (Å²) in [5.74, 6) is 0.406. The molecule has 0 spiro atoms. The fraction of sp³-hybridized carbons (Fsp3) is 0.667. The second-order valence-electron chi connectivity index (χ2n) is 6.04. The molecule has 20 heavy (non-hydrogen) atoms. The Morgan fingerprint density at radius 1 is 1.45 bits per heavy atom. The SMILES string of the molecule is CC(C)n1cc(N)cc1C(=O)NCC1CCC(O)CC1. The number of carbonyl (C=O) groups excluding carboxylic acids is 1. The molecule has 4 N–H and O–H groups in total. The molecule has 0 aromatic carbocycles. The number of anilines is 1. The van der Waals surface area contributed by atoms with Gasteiger partial charge >= 0.3 is 0 Å². The van der Waals surface area contributed by atoms with Crippen LogP contribution in [0, 0.1) is 5.92 Å². The topological polar surface area (TPSA) is 80.3 Å². The molecular weight excluding hydrogens is 254 g/mol. The molecule has 0 atom stereocenters. The molecule has 0 saturated heterocycles. The molecule has 0 aliphatic heterocycles. The molecule has 1 fully saturated rings. The molecule has 1 amide bonds. The van der Waals surface area contributed by atoms with Crippen molar-refractivity contribution in [3.63, 3.8) is 0 Å². The molecular formula is C15H25N3O2. The summed E-state index contributed by atoms with van der Waals surface area (Å²) in [4.78, 5) is 12.3. The van der Waals surface area contributed by atoms with Gasteiger partial charge in [0.15, 0.2) is 0 Å². The Morgan fingerprint density at radius 3 is 2.70 bits per heavy atom. The number of aliphatic hydroxyl groups excluding tert-OH is 1. The van der Waals surface area contributed by atoms with E-state index in [-0.39, 0.29) is 18.1 Å². The first kappa shape index (κ1) is 14.9. The van der Waals surface area contributed by atoms with Gasteiger partial charge in [-0.3, -0.25) is 4.79 Å². The molecule has 0 radical (unpaired) electrons. The van der Waals surface area contributed by atoms with Crippen LogP contribution in [0.3, 0.4) is 0 Å². The fourth-order valence-corrected chi connectivity index (χ4v) is 2.79. The van der Waals surface area contributed by atoms with Crippen molar-refractivity contribution in [1.82, 2.24) is 9.88 Å². The lowest BCUT2D eigenvalue weighted by molar-refractivity contribution is 0.0901. The first-order valence-electron chi connectivity index (χ1n) is 7.41. The van der Waals surface area contributed by atoms with Crippen LogP contribution in [0.25, 0.3) is 0 Å². The van der Waals surface area contributed by atoms with Gasteiger partial charge in [0.05, 0.1) is 11.8 Å². The number of rotatable bonds is 4. The van der Waals surface area contributed by atoms with Crippen LogP contribution >= 0.6 is 0 Å². The highest BCUT2D eigenvalue weighted by molar-refractivity contribution is 5.93. The quantitative estimate of drug-likeness (QED) is 0.788. The van der Waals surface area contributed by atoms with Crippen molar-refractivity contribution in [3.8, 4) is 0 Å². The maximum absolute atomic E-state index is 12.3. The molecule has 5 heteroatoms. The third-order valence-electron chi connectivity index (χ3n) is 4.03. The van der Waals surface area contributed by atoms with Crippen molar-refractivity contribution in [2.24, 2.45) is 5.92 Å². The van der Waals surface area contributed by atoms with Gasteiger partial charge in [-0.15, -0.1) is 0 Å². The molecule has 1 heterocycles. The largest absolute Gasteiger partial charge is 0.397 e. The van der Waals surface area contributed by atoms with Gasteiger partial charge in [0, 0.05) is 18.8 Å². The number of nitrogen functional groups attached to an aromatic ring is 1. The van der Waals surface area contributed by atoms with E-state index >= 15 is 0 Å². The molecule has 1 saturated carbocycles. The first-order valence-corrected chi connectivity index (χ1v) is 7.41. The van der Waals surface area contributed by atoms with Crippen LogP contribution < -0.4 is 11.1 Å². The Labute approximate surface area is 120 Å². The number of hydrogen-bond acceptors (Lipinski definition) is 3. The summed E-state index contributed by atoms with van der Waals surface area (Å²) in [5.41, 5.74) is 7.01. The third kappa shape index (κ3) is 3.54. The smallest absolute Gasteiger partial charge is 0.268 e. The lowest BCUT2D eigenvalue weighted by atomic mass is 9.87. The van der Waals surface area contributed by atoms with E-state index in [1.165, 1.54) is 0 Å². The van der Waals surface area contributed by atoms with E-state index in [0.29, 0.717) is 23.8 Å². The zero-order valence-corrected chi connectivity index (χ0v) is 12.3. The summed E-state index contributed by atoms with van der Waals surface area (Å²) in [7, 11) is 0. The van der Waals surface area contributed by atoms with E-state index in [1.807, 2.05) is 18.4 Å². The van der Waals surface area contributed by atoms with Gasteiger partial charge in [-0.25, -0.2) is 0 Å². The second-order valence-corrected chi connectivity index (χ2v) is 6.04. The van der Waals surface area contributed by atoms with E-state index in [2.05, 4.69) is 5.32 Å². The monoisotopic (exact) mass is 279 g/mol. The minimum atomic E-state index is -0.153. The predicted molar refractivity (Wildman–Crippen MR) is 79.5 cm³/mol. The van der Waals surface area contributed by atoms with Gasteiger partial charge in [0.2, 0.25) is 0 Å². The molecule has 112 valence electrons. The summed E-state index contributed by atoms with van der Waals surface area (Å²) in [6.45, 7) is 4.73. The maximum atomic E-state index is 12.3. The number of amides is 1. The van der Waals surface area contributed by atoms with Crippen molar-refractivity contribution in [1.29, 1.82) is 0 Å². The fourth-order valence-electron chi connectivity index (χ4n) is 2.79. The standard InChI is InChI=1S/C15H25N3O2/c1-10(2)18-9-12(16)7-14(18)15(20)17-8-11-3-5-13(19)6-4-11/h7,9-11,13,19H,3-6,8,16H2,1-2H3,(H,17,20). The molecule has 5 nitrogen and oxygen atoms in total. The summed E-state index contributed by atoms with van der Waals surface area (Å²) in [5, 5.41) is 12.5. The average molecular weight is 279 g/mol. The number of nitrogens with two attached hydrogens (primary N) is 1. The van der Waals surface area contributed by atoms with Gasteiger partial charge in [-0.05, 0) is 51.5 Å². The Balaban J connectivity index is 1.92. The van der Waals surface area contributed by atoms with E-state index in [4.69, 9.17) is 5.73 Å². The van der Waals surface area contributed by atoms with Gasteiger partial charge in [-0.2, -0.15) is 0 Å². The lowest BCUT2D eigenvalue weighted by Gasteiger charge is -2.25. The molecule has 1 aliphatic rings. The Hall–Kier alpha value is -1.49. The molecule has 1 aliphatic carbocycles. The van der Waals surface area contributed by atoms with Crippen LogP contribution in [0.15, 0.2) is 12.3 Å². The molecule has 2 rings (SSSR count). The Morgan fingerprint density at radius 2 is 2.10 bits per heavy atom. The summed E-state index contributed by atoms with van der Waals surface area (Å²) >= 11 is 0. The Bertz CT molecular complexity index is 460. The van der Waals surface area contributed by atoms with Crippen molar-refractivity contribution < 1.29 is 9.90 Å². The third-order valence-corrected chi connectivity index (χ3v) is 4.03. The maximum Gasteiger partial charge on any atom is 0.268 e. The van der Waals surface area contributed by atoms with Crippen molar-refractivity contribution in [2.45, 2.75) is 51.7 Å². The summed E-state index contributed by atoms with van der Waals surface area (Å²) in [6, 6.07) is 1.93. The number of carbonyl (C=O) groups is 1. The van der Waals surface area contributed by atoms with Crippen LogP contribution in [-0.4, -0.2) is 28.2 Å². The molecule has 0 unspecified atom stereocenters. The van der Waals surface area contributed by atoms with Crippen LogP contribution in [0.4, 0.5) is 5.69 Å². The van der Waals surface area contributed by atoms with Crippen molar-refractivity contribution in [2.75, 3.05) is 12.3 Å². The van der Waals surface area contributed by atoms with E-state index in [0.717, 1.165) is 25.7 Å². The predicted octanol–water partition coefficient (Wildman–Crippen LogP) is 1.93. The highest BCUT2D eigenvalue weighted by Gasteiger charge is 2.21. The van der Waals surface area contributed by atoms with Gasteiger partial charge in [0.1, 0.15) is 5.69 Å². The zero-order valence-electron chi connectivity index (χ0n) is 12.3. The summed E-state index contributed by atoms with van der Waals surface area (Å²) < 4.78 is 1.90. The normalized spacial score (nSPS) is 23.0. The van der Waals surface area contributed by atoms with E-state index < -0.39 is 0 Å². The van der Waals surface area contributed by atoms with Crippen LogP contribution in [-0.2, 0) is 0 Å². The highest BCUT2D eigenvalue weighted by atomic mass is 16.3. The number of aromatic nitrogens is 1. The number of hydrogen-bond donors (Lipinski definition) is 3. The second kappa shape index (κ2) is 6.31. The lowest BCUT2D eigenvalue weighted by Crippen LogP contribution is -2.33. The van der Waals surface area contributed by atoms with Crippen molar-refractivity contribution >= 4 is 11.6 Å². The molecule has 1 aromatic rings. The highest BCUT2D eigenvalue weighted by Crippen LogP contribution is 2.23. The van der Waals surface area contributed by atoms with E-state index in [9.17, 15) is 9.90 Å². The minimum absolute atomic E-state index is 0.0680. The minimum Gasteiger partial charge on any atom is -0.397 e. The number of aliphatic hydroxyl groups is 1. The van der Waals surface area contributed by atoms with Gasteiger partial charge < -0.3 is 20.7 Å². The van der Waals surface area contributed by atoms with Gasteiger partial charge in [0.25, 0.3) is 5.91 Å². The average Bonchev–Trinajstić information content (AvgIpc) is 2.80. The zero-order chi connectivity index (χ0) is 14.7. The van der Waals surface area contributed by atoms with Crippen molar-refractivity contribution in [3.05, 3.63) is 18.0 Å². The van der Waals surface area contributed by atoms with E-state index in [1.54, 1.807) is 12.3 Å².